The lowest BCUT2D eigenvalue weighted by molar-refractivity contribution is 0.100. The van der Waals surface area contributed by atoms with E-state index in [0.29, 0.717) is 11.1 Å². The first-order valence-corrected chi connectivity index (χ1v) is 10.8. The topological polar surface area (TPSA) is 93.2 Å². The molecule has 32 heavy (non-hydrogen) atoms. The van der Waals surface area contributed by atoms with Crippen LogP contribution in [0.4, 0.5) is 5.95 Å². The van der Waals surface area contributed by atoms with E-state index in [2.05, 4.69) is 49.1 Å². The van der Waals surface area contributed by atoms with Gasteiger partial charge in [0.1, 0.15) is 5.52 Å². The predicted octanol–water partition coefficient (Wildman–Crippen LogP) is 2.63. The summed E-state index contributed by atoms with van der Waals surface area (Å²) in [6.07, 6.45) is 6.60. The molecule has 8 nitrogen and oxygen atoms in total. The van der Waals surface area contributed by atoms with Crippen molar-refractivity contribution < 1.29 is 4.79 Å². The molecular weight excluding hydrogens is 402 g/mol. The number of benzene rings is 2. The summed E-state index contributed by atoms with van der Waals surface area (Å²) < 4.78 is 1.80. The number of hydrogen-bond acceptors (Lipinski definition) is 6. The third kappa shape index (κ3) is 4.17. The maximum atomic E-state index is 11.7. The van der Waals surface area contributed by atoms with Crippen LogP contribution in [0.1, 0.15) is 22.3 Å². The number of carbonyl (C=O) groups excluding carboxylic acids is 1. The Morgan fingerprint density at radius 3 is 2.53 bits per heavy atom. The first kappa shape index (κ1) is 20.1. The minimum absolute atomic E-state index is 0.439. The zero-order valence-electron chi connectivity index (χ0n) is 17.8. The molecule has 8 heteroatoms. The van der Waals surface area contributed by atoms with Crippen LogP contribution >= 0.6 is 0 Å². The zero-order chi connectivity index (χ0) is 21.9. The van der Waals surface area contributed by atoms with Crippen LogP contribution in [-0.2, 0) is 6.54 Å². The molecule has 3 heterocycles. The number of carbonyl (C=O) groups is 1. The number of anilines is 1. The van der Waals surface area contributed by atoms with Crippen molar-refractivity contribution in [3.63, 3.8) is 0 Å². The molecule has 0 bridgehead atoms. The average Bonchev–Trinajstić information content (AvgIpc) is 3.13. The van der Waals surface area contributed by atoms with Gasteiger partial charge in [0.15, 0.2) is 0 Å². The highest BCUT2D eigenvalue weighted by molar-refractivity contribution is 6.04. The van der Waals surface area contributed by atoms with Gasteiger partial charge in [0.2, 0.25) is 5.95 Å². The summed E-state index contributed by atoms with van der Waals surface area (Å²) in [7, 11) is 0. The van der Waals surface area contributed by atoms with Crippen LogP contribution in [-0.4, -0.2) is 56.7 Å². The Balaban J connectivity index is 1.27. The first-order chi connectivity index (χ1) is 15.7. The highest BCUT2D eigenvalue weighted by atomic mass is 16.1. The van der Waals surface area contributed by atoms with Gasteiger partial charge in [-0.15, -0.1) is 0 Å². The van der Waals surface area contributed by atoms with Crippen molar-refractivity contribution in [3.05, 3.63) is 78.2 Å². The standard InChI is InChI=1S/C24H25N7O/c25-23(32)21-5-1-4-19-17-31(28-22(19)21)20-8-6-18(7-9-20)16-29-12-3-13-30(15-14-29)24-26-10-2-11-27-24/h1-2,4-11,17H,3,12-16H2,(H2,25,32). The van der Waals surface area contributed by atoms with Gasteiger partial charge in [-0.05, 0) is 36.2 Å². The summed E-state index contributed by atoms with van der Waals surface area (Å²) in [5.41, 5.74) is 8.76. The molecule has 1 amide bonds. The van der Waals surface area contributed by atoms with Crippen LogP contribution < -0.4 is 10.6 Å². The van der Waals surface area contributed by atoms with E-state index in [1.807, 2.05) is 24.4 Å². The Morgan fingerprint density at radius 1 is 0.938 bits per heavy atom. The summed E-state index contributed by atoms with van der Waals surface area (Å²) in [5.74, 6) is 0.343. The molecule has 162 valence electrons. The van der Waals surface area contributed by atoms with Gasteiger partial charge in [0.05, 0.1) is 11.3 Å². The van der Waals surface area contributed by atoms with E-state index in [0.717, 1.165) is 56.2 Å². The van der Waals surface area contributed by atoms with Crippen molar-refractivity contribution in [1.82, 2.24) is 24.6 Å². The van der Waals surface area contributed by atoms with Crippen molar-refractivity contribution >= 4 is 22.8 Å². The number of fused-ring (bicyclic) bond motifs is 1. The van der Waals surface area contributed by atoms with Crippen LogP contribution in [0.25, 0.3) is 16.6 Å². The lowest BCUT2D eigenvalue weighted by Crippen LogP contribution is -2.31. The fourth-order valence-electron chi connectivity index (χ4n) is 4.17. The molecule has 2 aromatic heterocycles. The minimum atomic E-state index is -0.467. The molecule has 2 N–H and O–H groups in total. The van der Waals surface area contributed by atoms with E-state index >= 15 is 0 Å². The maximum Gasteiger partial charge on any atom is 0.250 e. The fraction of sp³-hybridized carbons (Fsp3) is 0.250. The van der Waals surface area contributed by atoms with Crippen molar-refractivity contribution in [3.8, 4) is 5.69 Å². The predicted molar refractivity (Wildman–Crippen MR) is 124 cm³/mol. The number of hydrogen-bond donors (Lipinski definition) is 1. The van der Waals surface area contributed by atoms with Gasteiger partial charge in [-0.2, -0.15) is 5.10 Å². The van der Waals surface area contributed by atoms with E-state index in [9.17, 15) is 4.79 Å². The van der Waals surface area contributed by atoms with Crippen molar-refractivity contribution in [2.45, 2.75) is 13.0 Å². The molecule has 0 aliphatic carbocycles. The fourth-order valence-corrected chi connectivity index (χ4v) is 4.17. The van der Waals surface area contributed by atoms with Crippen LogP contribution in [0.2, 0.25) is 0 Å². The average molecular weight is 428 g/mol. The third-order valence-corrected chi connectivity index (χ3v) is 5.83. The molecule has 4 aromatic rings. The molecule has 0 saturated carbocycles. The number of amides is 1. The minimum Gasteiger partial charge on any atom is -0.366 e. The van der Waals surface area contributed by atoms with Gasteiger partial charge in [0.25, 0.3) is 5.91 Å². The van der Waals surface area contributed by atoms with Gasteiger partial charge in [0, 0.05) is 56.7 Å². The Labute approximate surface area is 186 Å². The molecule has 1 saturated heterocycles. The number of nitrogens with two attached hydrogens (primary N) is 1. The largest absolute Gasteiger partial charge is 0.366 e. The van der Waals surface area contributed by atoms with E-state index in [1.165, 1.54) is 5.56 Å². The molecule has 2 aromatic carbocycles. The van der Waals surface area contributed by atoms with E-state index in [-0.39, 0.29) is 0 Å². The summed E-state index contributed by atoms with van der Waals surface area (Å²) in [4.78, 5) is 25.2. The molecule has 0 atom stereocenters. The molecule has 1 aliphatic rings. The van der Waals surface area contributed by atoms with Gasteiger partial charge in [-0.1, -0.05) is 24.3 Å². The number of primary amides is 1. The van der Waals surface area contributed by atoms with Gasteiger partial charge in [-0.25, -0.2) is 14.6 Å². The quantitative estimate of drug-likeness (QED) is 0.526. The van der Waals surface area contributed by atoms with Crippen LogP contribution in [0.3, 0.4) is 0 Å². The van der Waals surface area contributed by atoms with Crippen molar-refractivity contribution in [2.75, 3.05) is 31.1 Å². The second-order valence-electron chi connectivity index (χ2n) is 8.01. The Bertz CT molecular complexity index is 1220. The molecule has 1 fully saturated rings. The summed E-state index contributed by atoms with van der Waals surface area (Å²) in [6, 6.07) is 15.7. The van der Waals surface area contributed by atoms with Crippen LogP contribution in [0, 0.1) is 0 Å². The summed E-state index contributed by atoms with van der Waals surface area (Å²) in [6.45, 7) is 4.81. The smallest absolute Gasteiger partial charge is 0.250 e. The summed E-state index contributed by atoms with van der Waals surface area (Å²) in [5, 5.41) is 5.48. The molecule has 0 spiro atoms. The maximum absolute atomic E-state index is 11.7. The zero-order valence-corrected chi connectivity index (χ0v) is 17.8. The molecule has 0 unspecified atom stereocenters. The van der Waals surface area contributed by atoms with Crippen molar-refractivity contribution in [2.24, 2.45) is 5.73 Å². The normalized spacial score (nSPS) is 15.1. The van der Waals surface area contributed by atoms with Crippen molar-refractivity contribution in [1.29, 1.82) is 0 Å². The third-order valence-electron chi connectivity index (χ3n) is 5.83. The van der Waals surface area contributed by atoms with E-state index < -0.39 is 5.91 Å². The molecule has 1 aliphatic heterocycles. The van der Waals surface area contributed by atoms with Gasteiger partial charge >= 0.3 is 0 Å². The van der Waals surface area contributed by atoms with Crippen LogP contribution in [0.15, 0.2) is 67.1 Å². The highest BCUT2D eigenvalue weighted by Crippen LogP contribution is 2.20. The SMILES string of the molecule is NC(=O)c1cccc2cn(-c3ccc(CN4CCCN(c5ncccn5)CC4)cc3)nc12. The van der Waals surface area contributed by atoms with Crippen LogP contribution in [0.5, 0.6) is 0 Å². The number of aromatic nitrogens is 4. The first-order valence-electron chi connectivity index (χ1n) is 10.8. The second-order valence-corrected chi connectivity index (χ2v) is 8.01. The lowest BCUT2D eigenvalue weighted by Gasteiger charge is -2.22. The number of rotatable bonds is 5. The van der Waals surface area contributed by atoms with Gasteiger partial charge in [-0.3, -0.25) is 9.69 Å². The van der Waals surface area contributed by atoms with Gasteiger partial charge < -0.3 is 10.6 Å². The Morgan fingerprint density at radius 2 is 1.75 bits per heavy atom. The highest BCUT2D eigenvalue weighted by Gasteiger charge is 2.17. The Hall–Kier alpha value is -3.78. The molecular formula is C24H25N7O. The monoisotopic (exact) mass is 427 g/mol. The molecule has 0 radical (unpaired) electrons. The summed E-state index contributed by atoms with van der Waals surface area (Å²) >= 11 is 0. The molecule has 5 rings (SSSR count). The number of nitrogens with zero attached hydrogens (tertiary/aromatic N) is 6. The second kappa shape index (κ2) is 8.76. The van der Waals surface area contributed by atoms with E-state index in [1.54, 1.807) is 23.1 Å². The van der Waals surface area contributed by atoms with E-state index in [4.69, 9.17) is 5.73 Å². The Kier molecular flexibility index (Phi) is 5.51. The lowest BCUT2D eigenvalue weighted by atomic mass is 10.1.